The predicted octanol–water partition coefficient (Wildman–Crippen LogP) is 4.43. The molecule has 0 saturated heterocycles. The molecule has 1 N–H and O–H groups in total. The SMILES string of the molecule is CCOc1ccc(NC(=O)Cn2cc(S(=O)(=O)c3ccccc3)c(=O)c3cc(CC)ccc32)cc1. The maximum absolute atomic E-state index is 13.3. The van der Waals surface area contributed by atoms with E-state index in [2.05, 4.69) is 5.32 Å². The zero-order valence-electron chi connectivity index (χ0n) is 19.5. The van der Waals surface area contributed by atoms with Gasteiger partial charge >= 0.3 is 0 Å². The molecule has 0 atom stereocenters. The van der Waals surface area contributed by atoms with Crippen molar-refractivity contribution in [3.63, 3.8) is 0 Å². The molecular weight excluding hydrogens is 464 g/mol. The molecule has 0 aliphatic rings. The molecule has 0 bridgehead atoms. The first-order valence-electron chi connectivity index (χ1n) is 11.3. The van der Waals surface area contributed by atoms with E-state index in [0.29, 0.717) is 30.0 Å². The topological polar surface area (TPSA) is 94.5 Å². The van der Waals surface area contributed by atoms with Gasteiger partial charge in [-0.3, -0.25) is 9.59 Å². The zero-order chi connectivity index (χ0) is 25.0. The summed E-state index contributed by atoms with van der Waals surface area (Å²) in [6, 6.07) is 20.1. The third kappa shape index (κ3) is 5.12. The molecule has 0 spiro atoms. The van der Waals surface area contributed by atoms with Crippen molar-refractivity contribution in [2.24, 2.45) is 0 Å². The lowest BCUT2D eigenvalue weighted by Crippen LogP contribution is -2.24. The molecule has 1 heterocycles. The summed E-state index contributed by atoms with van der Waals surface area (Å²) in [4.78, 5) is 25.9. The Morgan fingerprint density at radius 1 is 0.971 bits per heavy atom. The molecule has 1 aromatic heterocycles. The number of aromatic nitrogens is 1. The summed E-state index contributed by atoms with van der Waals surface area (Å²) in [5.74, 6) is 0.334. The first kappa shape index (κ1) is 24.2. The van der Waals surface area contributed by atoms with Gasteiger partial charge in [0.05, 0.1) is 17.0 Å². The van der Waals surface area contributed by atoms with E-state index >= 15 is 0 Å². The zero-order valence-corrected chi connectivity index (χ0v) is 20.3. The Bertz CT molecular complexity index is 1530. The first-order valence-corrected chi connectivity index (χ1v) is 12.8. The summed E-state index contributed by atoms with van der Waals surface area (Å²) in [6.45, 7) is 4.21. The van der Waals surface area contributed by atoms with Crippen molar-refractivity contribution in [1.82, 2.24) is 4.57 Å². The molecule has 7 nitrogen and oxygen atoms in total. The number of benzene rings is 3. The van der Waals surface area contributed by atoms with E-state index in [4.69, 9.17) is 4.74 Å². The van der Waals surface area contributed by atoms with Crippen molar-refractivity contribution >= 4 is 32.3 Å². The van der Waals surface area contributed by atoms with Gasteiger partial charge in [-0.15, -0.1) is 0 Å². The van der Waals surface area contributed by atoms with E-state index in [0.717, 1.165) is 5.56 Å². The Kier molecular flexibility index (Phi) is 7.02. The Morgan fingerprint density at radius 2 is 1.69 bits per heavy atom. The van der Waals surface area contributed by atoms with Crippen LogP contribution in [-0.4, -0.2) is 25.5 Å². The van der Waals surface area contributed by atoms with Crippen LogP contribution in [0.25, 0.3) is 10.9 Å². The van der Waals surface area contributed by atoms with Crippen LogP contribution in [0.4, 0.5) is 5.69 Å². The first-order chi connectivity index (χ1) is 16.8. The molecule has 0 fully saturated rings. The average Bonchev–Trinajstić information content (AvgIpc) is 2.87. The second-order valence-corrected chi connectivity index (χ2v) is 9.90. The van der Waals surface area contributed by atoms with Gasteiger partial charge in [0, 0.05) is 17.3 Å². The fourth-order valence-electron chi connectivity index (χ4n) is 3.84. The molecule has 0 aliphatic heterocycles. The highest BCUT2D eigenvalue weighted by Gasteiger charge is 2.24. The predicted molar refractivity (Wildman–Crippen MR) is 136 cm³/mol. The van der Waals surface area contributed by atoms with Crippen LogP contribution < -0.4 is 15.5 Å². The van der Waals surface area contributed by atoms with Crippen molar-refractivity contribution in [3.8, 4) is 5.75 Å². The van der Waals surface area contributed by atoms with Crippen molar-refractivity contribution in [1.29, 1.82) is 0 Å². The molecule has 1 amide bonds. The van der Waals surface area contributed by atoms with Crippen LogP contribution in [0.2, 0.25) is 0 Å². The maximum atomic E-state index is 13.3. The molecule has 0 aliphatic carbocycles. The van der Waals surface area contributed by atoms with Crippen LogP contribution in [0, 0.1) is 0 Å². The molecule has 4 rings (SSSR count). The highest BCUT2D eigenvalue weighted by molar-refractivity contribution is 7.91. The number of sulfone groups is 1. The number of carbonyl (C=O) groups is 1. The fraction of sp³-hybridized carbons (Fsp3) is 0.185. The van der Waals surface area contributed by atoms with Crippen molar-refractivity contribution in [3.05, 3.63) is 94.8 Å². The van der Waals surface area contributed by atoms with Crippen LogP contribution in [0.5, 0.6) is 5.75 Å². The van der Waals surface area contributed by atoms with E-state index in [1.54, 1.807) is 54.6 Å². The molecule has 4 aromatic rings. The minimum atomic E-state index is -4.09. The average molecular weight is 491 g/mol. The van der Waals surface area contributed by atoms with Gasteiger partial charge in [-0.05, 0) is 67.4 Å². The number of nitrogens with one attached hydrogen (secondary N) is 1. The second kappa shape index (κ2) is 10.1. The molecule has 8 heteroatoms. The number of carbonyl (C=O) groups excluding carboxylic acids is 1. The van der Waals surface area contributed by atoms with E-state index in [-0.39, 0.29) is 27.6 Å². The minimum Gasteiger partial charge on any atom is -0.494 e. The van der Waals surface area contributed by atoms with Crippen LogP contribution >= 0.6 is 0 Å². The van der Waals surface area contributed by atoms with E-state index in [9.17, 15) is 18.0 Å². The molecular formula is C27H26N2O5S. The van der Waals surface area contributed by atoms with Crippen molar-refractivity contribution < 1.29 is 17.9 Å². The van der Waals surface area contributed by atoms with E-state index in [1.165, 1.54) is 22.9 Å². The van der Waals surface area contributed by atoms with Gasteiger partial charge in [0.2, 0.25) is 21.2 Å². The Balaban J connectivity index is 1.76. The quantitative estimate of drug-likeness (QED) is 0.394. The third-order valence-corrected chi connectivity index (χ3v) is 7.39. The van der Waals surface area contributed by atoms with Gasteiger partial charge in [-0.25, -0.2) is 8.42 Å². The molecule has 0 radical (unpaired) electrons. The Labute approximate surface area is 203 Å². The molecule has 0 saturated carbocycles. The van der Waals surface area contributed by atoms with Gasteiger partial charge in [0.15, 0.2) is 0 Å². The maximum Gasteiger partial charge on any atom is 0.244 e. The number of ether oxygens (including phenoxy) is 1. The number of rotatable bonds is 8. The number of amides is 1. The summed E-state index contributed by atoms with van der Waals surface area (Å²) in [7, 11) is -4.09. The number of anilines is 1. The number of aryl methyl sites for hydroxylation is 1. The fourth-order valence-corrected chi connectivity index (χ4v) is 5.23. The summed E-state index contributed by atoms with van der Waals surface area (Å²) in [5.41, 5.74) is 1.38. The number of fused-ring (bicyclic) bond motifs is 1. The van der Waals surface area contributed by atoms with Gasteiger partial charge in [-0.1, -0.05) is 31.2 Å². The lowest BCUT2D eigenvalue weighted by Gasteiger charge is -2.15. The Hall–Kier alpha value is -3.91. The largest absolute Gasteiger partial charge is 0.494 e. The molecule has 180 valence electrons. The summed E-state index contributed by atoms with van der Waals surface area (Å²) in [5, 5.41) is 3.07. The number of hydrogen-bond acceptors (Lipinski definition) is 5. The van der Waals surface area contributed by atoms with Crippen molar-refractivity contribution in [2.75, 3.05) is 11.9 Å². The van der Waals surface area contributed by atoms with Gasteiger partial charge in [0.25, 0.3) is 0 Å². The lowest BCUT2D eigenvalue weighted by atomic mass is 10.1. The molecule has 35 heavy (non-hydrogen) atoms. The van der Waals surface area contributed by atoms with Gasteiger partial charge in [-0.2, -0.15) is 0 Å². The van der Waals surface area contributed by atoms with E-state index < -0.39 is 15.3 Å². The number of hydrogen-bond donors (Lipinski definition) is 1. The number of pyridine rings is 1. The third-order valence-electron chi connectivity index (χ3n) is 5.63. The molecule has 0 unspecified atom stereocenters. The standard InChI is InChI=1S/C27H26N2O5S/c1-3-19-10-15-24-23(16-19)27(31)25(35(32,33)22-8-6-5-7-9-22)17-29(24)18-26(30)28-20-11-13-21(14-12-20)34-4-2/h5-17H,3-4,18H2,1-2H3,(H,28,30). The van der Waals surface area contributed by atoms with Crippen LogP contribution in [0.3, 0.4) is 0 Å². The van der Waals surface area contributed by atoms with E-state index in [1.807, 2.05) is 19.9 Å². The normalized spacial score (nSPS) is 11.4. The highest BCUT2D eigenvalue weighted by atomic mass is 32.2. The minimum absolute atomic E-state index is 0.0217. The monoisotopic (exact) mass is 490 g/mol. The smallest absolute Gasteiger partial charge is 0.244 e. The summed E-state index contributed by atoms with van der Waals surface area (Å²) >= 11 is 0. The highest BCUT2D eigenvalue weighted by Crippen LogP contribution is 2.22. The van der Waals surface area contributed by atoms with Crippen LogP contribution in [-0.2, 0) is 27.6 Å². The Morgan fingerprint density at radius 3 is 2.34 bits per heavy atom. The van der Waals surface area contributed by atoms with Crippen molar-refractivity contribution in [2.45, 2.75) is 36.6 Å². The molecule has 3 aromatic carbocycles. The van der Waals surface area contributed by atoms with Crippen LogP contribution in [0.15, 0.2) is 93.6 Å². The van der Waals surface area contributed by atoms with Crippen LogP contribution in [0.1, 0.15) is 19.4 Å². The number of nitrogens with zero attached hydrogens (tertiary/aromatic N) is 1. The second-order valence-electron chi connectivity index (χ2n) is 7.98. The van der Waals surface area contributed by atoms with Gasteiger partial charge < -0.3 is 14.6 Å². The summed E-state index contributed by atoms with van der Waals surface area (Å²) < 4.78 is 33.6. The lowest BCUT2D eigenvalue weighted by molar-refractivity contribution is -0.116. The summed E-state index contributed by atoms with van der Waals surface area (Å²) in [6.07, 6.45) is 1.94. The van der Waals surface area contributed by atoms with Gasteiger partial charge in [0.1, 0.15) is 17.2 Å².